The summed E-state index contributed by atoms with van der Waals surface area (Å²) >= 11 is 0. The summed E-state index contributed by atoms with van der Waals surface area (Å²) in [6.45, 7) is 7.47. The minimum atomic E-state index is -0.591. The first kappa shape index (κ1) is 15.0. The van der Waals surface area contributed by atoms with E-state index in [1.54, 1.807) is 0 Å². The zero-order chi connectivity index (χ0) is 14.7. The number of hydrogen-bond acceptors (Lipinski definition) is 2. The Kier molecular flexibility index (Phi) is 4.81. The number of aliphatic hydroxyl groups is 1. The van der Waals surface area contributed by atoms with Crippen molar-refractivity contribution in [1.82, 2.24) is 4.90 Å². The molecule has 2 rings (SSSR count). The fourth-order valence-electron chi connectivity index (χ4n) is 2.65. The lowest BCUT2D eigenvalue weighted by Gasteiger charge is -2.24. The number of carbonyl (C=O) groups is 1. The average molecular weight is 275 g/mol. The number of aliphatic hydroxyl groups excluding tert-OH is 1. The van der Waals surface area contributed by atoms with Crippen LogP contribution < -0.4 is 0 Å². The third-order valence-corrected chi connectivity index (χ3v) is 4.40. The molecule has 0 aromatic heterocycles. The monoisotopic (exact) mass is 275 g/mol. The number of likely N-dealkylation sites (tertiary alicyclic amines) is 1. The van der Waals surface area contributed by atoms with E-state index in [4.69, 9.17) is 0 Å². The molecule has 1 aliphatic heterocycles. The van der Waals surface area contributed by atoms with Crippen molar-refractivity contribution < 1.29 is 9.90 Å². The van der Waals surface area contributed by atoms with Crippen molar-refractivity contribution in [2.24, 2.45) is 5.92 Å². The second kappa shape index (κ2) is 6.40. The quantitative estimate of drug-likeness (QED) is 0.921. The smallest absolute Gasteiger partial charge is 0.222 e. The molecular weight excluding hydrogens is 250 g/mol. The lowest BCUT2D eigenvalue weighted by Crippen LogP contribution is -2.34. The van der Waals surface area contributed by atoms with Crippen molar-refractivity contribution in [3.63, 3.8) is 0 Å². The van der Waals surface area contributed by atoms with E-state index in [1.807, 2.05) is 30.0 Å². The Bertz CT molecular complexity index is 484. The molecule has 1 saturated heterocycles. The molecule has 1 aliphatic rings. The standard InChI is InChI=1S/C17H25NO2/c1-12-4-7-17(20)18(9-8-12)11-16(19)15-6-5-13(2)14(3)10-15/h5-6,10,12,16,19H,4,7-9,11H2,1-3H3. The number of carbonyl (C=O) groups excluding carboxylic acids is 1. The Labute approximate surface area is 121 Å². The number of nitrogens with zero attached hydrogens (tertiary/aromatic N) is 1. The lowest BCUT2D eigenvalue weighted by atomic mass is 10.0. The van der Waals surface area contributed by atoms with Crippen molar-refractivity contribution >= 4 is 5.91 Å². The summed E-state index contributed by atoms with van der Waals surface area (Å²) in [4.78, 5) is 13.9. The molecule has 110 valence electrons. The van der Waals surface area contributed by atoms with Gasteiger partial charge in [-0.1, -0.05) is 25.1 Å². The van der Waals surface area contributed by atoms with Gasteiger partial charge in [0.1, 0.15) is 0 Å². The molecule has 1 fully saturated rings. The zero-order valence-corrected chi connectivity index (χ0v) is 12.7. The molecule has 0 spiro atoms. The molecule has 1 aromatic rings. The average Bonchev–Trinajstić information content (AvgIpc) is 2.57. The third-order valence-electron chi connectivity index (χ3n) is 4.40. The molecule has 2 atom stereocenters. The summed E-state index contributed by atoms with van der Waals surface area (Å²) in [7, 11) is 0. The number of amides is 1. The van der Waals surface area contributed by atoms with Gasteiger partial charge < -0.3 is 10.0 Å². The van der Waals surface area contributed by atoms with Crippen molar-refractivity contribution in [3.8, 4) is 0 Å². The highest BCUT2D eigenvalue weighted by atomic mass is 16.3. The second-order valence-electron chi connectivity index (χ2n) is 6.13. The third kappa shape index (κ3) is 3.60. The predicted octanol–water partition coefficient (Wildman–Crippen LogP) is 2.99. The van der Waals surface area contributed by atoms with Crippen molar-refractivity contribution in [1.29, 1.82) is 0 Å². The van der Waals surface area contributed by atoms with Gasteiger partial charge in [-0.2, -0.15) is 0 Å². The molecular formula is C17H25NO2. The van der Waals surface area contributed by atoms with Crippen LogP contribution in [0.5, 0.6) is 0 Å². The maximum Gasteiger partial charge on any atom is 0.222 e. The van der Waals surface area contributed by atoms with Crippen LogP contribution in [-0.2, 0) is 4.79 Å². The van der Waals surface area contributed by atoms with Crippen LogP contribution in [0.2, 0.25) is 0 Å². The molecule has 0 saturated carbocycles. The van der Waals surface area contributed by atoms with Gasteiger partial charge in [0.05, 0.1) is 12.6 Å². The maximum atomic E-state index is 12.1. The van der Waals surface area contributed by atoms with Crippen molar-refractivity contribution in [2.75, 3.05) is 13.1 Å². The van der Waals surface area contributed by atoms with Crippen LogP contribution in [0, 0.1) is 19.8 Å². The van der Waals surface area contributed by atoms with E-state index in [-0.39, 0.29) is 5.91 Å². The van der Waals surface area contributed by atoms with Crippen LogP contribution in [0.15, 0.2) is 18.2 Å². The molecule has 3 heteroatoms. The minimum Gasteiger partial charge on any atom is -0.387 e. The molecule has 1 N–H and O–H groups in total. The summed E-state index contributed by atoms with van der Waals surface area (Å²) in [5.41, 5.74) is 3.30. The molecule has 1 heterocycles. The van der Waals surface area contributed by atoms with E-state index in [1.165, 1.54) is 11.1 Å². The van der Waals surface area contributed by atoms with Crippen molar-refractivity contribution in [2.45, 2.75) is 46.1 Å². The normalized spacial score (nSPS) is 21.7. The summed E-state index contributed by atoms with van der Waals surface area (Å²) in [6, 6.07) is 6.00. The Balaban J connectivity index is 2.04. The molecule has 3 nitrogen and oxygen atoms in total. The first-order chi connectivity index (χ1) is 9.47. The molecule has 0 bridgehead atoms. The SMILES string of the molecule is Cc1ccc(C(O)CN2CCC(C)CCC2=O)cc1C. The Morgan fingerprint density at radius 3 is 2.75 bits per heavy atom. The summed E-state index contributed by atoms with van der Waals surface area (Å²) in [5, 5.41) is 10.4. The van der Waals surface area contributed by atoms with E-state index in [2.05, 4.69) is 13.8 Å². The Hall–Kier alpha value is -1.35. The zero-order valence-electron chi connectivity index (χ0n) is 12.7. The van der Waals surface area contributed by atoms with E-state index in [0.29, 0.717) is 18.9 Å². The number of hydrogen-bond donors (Lipinski definition) is 1. The van der Waals surface area contributed by atoms with E-state index >= 15 is 0 Å². The van der Waals surface area contributed by atoms with Gasteiger partial charge in [0, 0.05) is 13.0 Å². The summed E-state index contributed by atoms with van der Waals surface area (Å²) in [6.07, 6.45) is 2.02. The van der Waals surface area contributed by atoms with Crippen LogP contribution in [0.25, 0.3) is 0 Å². The van der Waals surface area contributed by atoms with E-state index in [9.17, 15) is 9.90 Å². The fourth-order valence-corrected chi connectivity index (χ4v) is 2.65. The molecule has 2 unspecified atom stereocenters. The van der Waals surface area contributed by atoms with E-state index in [0.717, 1.165) is 24.9 Å². The van der Waals surface area contributed by atoms with Gasteiger partial charge in [-0.15, -0.1) is 0 Å². The highest BCUT2D eigenvalue weighted by molar-refractivity contribution is 5.76. The Morgan fingerprint density at radius 1 is 1.30 bits per heavy atom. The number of rotatable bonds is 3. The second-order valence-corrected chi connectivity index (χ2v) is 6.13. The number of β-amino-alcohol motifs (C(OH)–C–C–N with tert-alkyl or cyclic N) is 1. The van der Waals surface area contributed by atoms with Gasteiger partial charge in [-0.05, 0) is 49.3 Å². The number of benzene rings is 1. The molecule has 0 radical (unpaired) electrons. The number of aryl methyl sites for hydroxylation is 2. The highest BCUT2D eigenvalue weighted by Crippen LogP contribution is 2.22. The summed E-state index contributed by atoms with van der Waals surface area (Å²) < 4.78 is 0. The van der Waals surface area contributed by atoms with Gasteiger partial charge in [0.15, 0.2) is 0 Å². The van der Waals surface area contributed by atoms with Crippen LogP contribution in [-0.4, -0.2) is 29.0 Å². The van der Waals surface area contributed by atoms with Crippen molar-refractivity contribution in [3.05, 3.63) is 34.9 Å². The first-order valence-electron chi connectivity index (χ1n) is 7.50. The minimum absolute atomic E-state index is 0.178. The van der Waals surface area contributed by atoms with Gasteiger partial charge in [0.25, 0.3) is 0 Å². The van der Waals surface area contributed by atoms with Gasteiger partial charge >= 0.3 is 0 Å². The van der Waals surface area contributed by atoms with Gasteiger partial charge in [-0.3, -0.25) is 4.79 Å². The topological polar surface area (TPSA) is 40.5 Å². The van der Waals surface area contributed by atoms with Gasteiger partial charge in [0.2, 0.25) is 5.91 Å². The highest BCUT2D eigenvalue weighted by Gasteiger charge is 2.22. The fraction of sp³-hybridized carbons (Fsp3) is 0.588. The van der Waals surface area contributed by atoms with Crippen LogP contribution in [0.3, 0.4) is 0 Å². The largest absolute Gasteiger partial charge is 0.387 e. The van der Waals surface area contributed by atoms with Crippen LogP contribution in [0.4, 0.5) is 0 Å². The first-order valence-corrected chi connectivity index (χ1v) is 7.50. The van der Waals surface area contributed by atoms with E-state index < -0.39 is 6.10 Å². The molecule has 0 aliphatic carbocycles. The lowest BCUT2D eigenvalue weighted by molar-refractivity contribution is -0.132. The molecule has 1 amide bonds. The van der Waals surface area contributed by atoms with Gasteiger partial charge in [-0.25, -0.2) is 0 Å². The van der Waals surface area contributed by atoms with Crippen LogP contribution in [0.1, 0.15) is 49.0 Å². The van der Waals surface area contributed by atoms with Crippen LogP contribution >= 0.6 is 0 Å². The molecule has 20 heavy (non-hydrogen) atoms. The molecule has 1 aromatic carbocycles. The predicted molar refractivity (Wildman–Crippen MR) is 80.5 cm³/mol. The summed E-state index contributed by atoms with van der Waals surface area (Å²) in [5.74, 6) is 0.778. The maximum absolute atomic E-state index is 12.1. The Morgan fingerprint density at radius 2 is 2.05 bits per heavy atom.